The fourth-order valence-electron chi connectivity index (χ4n) is 3.96. The molecule has 0 bridgehead atoms. The molecule has 1 N–H and O–H groups in total. The van der Waals surface area contributed by atoms with E-state index in [0.29, 0.717) is 27.7 Å². The predicted octanol–water partition coefficient (Wildman–Crippen LogP) is 5.78. The third-order valence-corrected chi connectivity index (χ3v) is 8.33. The maximum atomic E-state index is 13.8. The van der Waals surface area contributed by atoms with E-state index in [4.69, 9.17) is 23.2 Å². The summed E-state index contributed by atoms with van der Waals surface area (Å²) in [6, 6.07) is 11.2. The number of nitrogens with zero attached hydrogens (tertiary/aromatic N) is 2. The topological polar surface area (TPSA) is 86.8 Å². The quantitative estimate of drug-likeness (QED) is 0.363. The second kappa shape index (κ2) is 13.2. The third kappa shape index (κ3) is 8.35. The van der Waals surface area contributed by atoms with E-state index in [2.05, 4.69) is 26.1 Å². The Labute approximate surface area is 237 Å². The normalized spacial score (nSPS) is 13.5. The first-order valence-electron chi connectivity index (χ1n) is 12.7. The molecule has 0 saturated heterocycles. The van der Waals surface area contributed by atoms with Gasteiger partial charge in [0.15, 0.2) is 0 Å². The minimum atomic E-state index is -3.83. The molecular weight excluding hydrogens is 545 g/mol. The zero-order chi connectivity index (χ0) is 28.8. The minimum absolute atomic E-state index is 0.0513. The number of carbonyl (C=O) groups excluding carboxylic acids is 2. The number of sulfonamides is 1. The molecule has 2 aromatic rings. The predicted molar refractivity (Wildman–Crippen MR) is 156 cm³/mol. The highest BCUT2D eigenvalue weighted by atomic mass is 35.5. The first-order valence-corrected chi connectivity index (χ1v) is 15.3. The smallest absolute Gasteiger partial charge is 0.244 e. The molecule has 0 spiro atoms. The lowest BCUT2D eigenvalue weighted by Crippen LogP contribution is -2.53. The van der Waals surface area contributed by atoms with Gasteiger partial charge in [0.1, 0.15) is 12.6 Å². The summed E-state index contributed by atoms with van der Waals surface area (Å²) < 4.78 is 26.7. The Kier molecular flexibility index (Phi) is 11.1. The standard InChI is InChI=1S/C28H39Cl2N3O4S/c1-8-19(3)31-27(35)25(9-2)32(17-22-23(29)11-10-12-24(22)30)26(34)18-33(38(7,36)37)21-15-13-20(14-16-21)28(4,5)6/h10-16,19,25H,8-9,17-18H2,1-7H3,(H,31,35). The second-order valence-electron chi connectivity index (χ2n) is 10.5. The molecule has 7 nitrogen and oxygen atoms in total. The molecule has 0 fully saturated rings. The van der Waals surface area contributed by atoms with Crippen LogP contribution >= 0.6 is 23.2 Å². The average Bonchev–Trinajstić information content (AvgIpc) is 2.82. The van der Waals surface area contributed by atoms with Crippen molar-refractivity contribution in [1.82, 2.24) is 10.2 Å². The molecule has 0 heterocycles. The highest BCUT2D eigenvalue weighted by Gasteiger charge is 2.33. The van der Waals surface area contributed by atoms with E-state index < -0.39 is 28.5 Å². The van der Waals surface area contributed by atoms with Gasteiger partial charge in [-0.2, -0.15) is 0 Å². The monoisotopic (exact) mass is 583 g/mol. The highest BCUT2D eigenvalue weighted by Crippen LogP contribution is 2.29. The van der Waals surface area contributed by atoms with Gasteiger partial charge in [0.2, 0.25) is 21.8 Å². The van der Waals surface area contributed by atoms with Crippen molar-refractivity contribution in [2.75, 3.05) is 17.1 Å². The molecule has 0 aliphatic carbocycles. The van der Waals surface area contributed by atoms with E-state index in [-0.39, 0.29) is 23.9 Å². The minimum Gasteiger partial charge on any atom is -0.352 e. The lowest BCUT2D eigenvalue weighted by molar-refractivity contribution is -0.140. The number of anilines is 1. The van der Waals surface area contributed by atoms with Crippen molar-refractivity contribution < 1.29 is 18.0 Å². The van der Waals surface area contributed by atoms with Gasteiger partial charge in [0.05, 0.1) is 11.9 Å². The van der Waals surface area contributed by atoms with Gasteiger partial charge >= 0.3 is 0 Å². The first-order chi connectivity index (χ1) is 17.6. The molecule has 0 radical (unpaired) electrons. The maximum Gasteiger partial charge on any atom is 0.244 e. The van der Waals surface area contributed by atoms with Crippen LogP contribution in [0.1, 0.15) is 65.5 Å². The molecule has 0 aliphatic rings. The summed E-state index contributed by atoms with van der Waals surface area (Å²) in [5, 5.41) is 3.64. The first kappa shape index (κ1) is 31.9. The summed E-state index contributed by atoms with van der Waals surface area (Å²) in [5.74, 6) is -0.865. The van der Waals surface area contributed by atoms with E-state index in [9.17, 15) is 18.0 Å². The molecular formula is C28H39Cl2N3O4S. The van der Waals surface area contributed by atoms with Crippen LogP contribution in [0.5, 0.6) is 0 Å². The molecule has 2 unspecified atom stereocenters. The Balaban J connectivity index is 2.51. The molecule has 2 atom stereocenters. The largest absolute Gasteiger partial charge is 0.352 e. The maximum absolute atomic E-state index is 13.8. The summed E-state index contributed by atoms with van der Waals surface area (Å²) in [6.07, 6.45) is 2.09. The van der Waals surface area contributed by atoms with E-state index in [1.807, 2.05) is 26.0 Å². The number of hydrogen-bond acceptors (Lipinski definition) is 4. The lowest BCUT2D eigenvalue weighted by atomic mass is 9.87. The highest BCUT2D eigenvalue weighted by molar-refractivity contribution is 7.92. The number of rotatable bonds is 11. The van der Waals surface area contributed by atoms with Gasteiger partial charge in [0, 0.05) is 28.2 Å². The SMILES string of the molecule is CCC(C)NC(=O)C(CC)N(Cc1c(Cl)cccc1Cl)C(=O)CN(c1ccc(C(C)(C)C)cc1)S(C)(=O)=O. The average molecular weight is 585 g/mol. The Morgan fingerprint density at radius 1 is 0.974 bits per heavy atom. The van der Waals surface area contributed by atoms with E-state index in [1.165, 1.54) is 4.90 Å². The molecule has 2 aromatic carbocycles. The molecule has 2 amide bonds. The van der Waals surface area contributed by atoms with Crippen LogP contribution in [0.4, 0.5) is 5.69 Å². The van der Waals surface area contributed by atoms with Crippen LogP contribution in [-0.4, -0.2) is 50.0 Å². The van der Waals surface area contributed by atoms with Gasteiger partial charge in [0.25, 0.3) is 0 Å². The second-order valence-corrected chi connectivity index (χ2v) is 13.3. The van der Waals surface area contributed by atoms with E-state index in [0.717, 1.165) is 22.5 Å². The summed E-state index contributed by atoms with van der Waals surface area (Å²) in [6.45, 7) is 11.3. The summed E-state index contributed by atoms with van der Waals surface area (Å²) in [7, 11) is -3.83. The number of amides is 2. The Morgan fingerprint density at radius 3 is 1.97 bits per heavy atom. The molecule has 210 valence electrons. The zero-order valence-electron chi connectivity index (χ0n) is 23.2. The fraction of sp³-hybridized carbons (Fsp3) is 0.500. The van der Waals surface area contributed by atoms with Gasteiger partial charge in [-0.3, -0.25) is 13.9 Å². The van der Waals surface area contributed by atoms with Crippen LogP contribution in [0.2, 0.25) is 10.0 Å². The number of halogens is 2. The Hall–Kier alpha value is -2.29. The summed E-state index contributed by atoms with van der Waals surface area (Å²) >= 11 is 12.8. The zero-order valence-corrected chi connectivity index (χ0v) is 25.5. The number of nitrogens with one attached hydrogen (secondary N) is 1. The van der Waals surface area contributed by atoms with Crippen molar-refractivity contribution in [2.24, 2.45) is 0 Å². The molecule has 0 aliphatic heterocycles. The lowest BCUT2D eigenvalue weighted by Gasteiger charge is -2.34. The van der Waals surface area contributed by atoms with Crippen LogP contribution in [0.3, 0.4) is 0 Å². The molecule has 0 saturated carbocycles. The number of carbonyl (C=O) groups is 2. The number of benzene rings is 2. The van der Waals surface area contributed by atoms with Crippen molar-refractivity contribution in [3.8, 4) is 0 Å². The van der Waals surface area contributed by atoms with Crippen LogP contribution in [-0.2, 0) is 31.6 Å². The van der Waals surface area contributed by atoms with Crippen LogP contribution in [0.25, 0.3) is 0 Å². The van der Waals surface area contributed by atoms with Gasteiger partial charge in [-0.05, 0) is 55.0 Å². The van der Waals surface area contributed by atoms with Gasteiger partial charge < -0.3 is 10.2 Å². The Morgan fingerprint density at radius 2 is 1.53 bits per heavy atom. The van der Waals surface area contributed by atoms with Gasteiger partial charge in [-0.1, -0.05) is 76.0 Å². The fourth-order valence-corrected chi connectivity index (χ4v) is 5.32. The Bertz CT molecular complexity index is 1210. The van der Waals surface area contributed by atoms with Crippen molar-refractivity contribution in [2.45, 2.75) is 78.4 Å². The molecule has 2 rings (SSSR count). The summed E-state index contributed by atoms with van der Waals surface area (Å²) in [5.41, 5.74) is 1.76. The van der Waals surface area contributed by atoms with E-state index >= 15 is 0 Å². The van der Waals surface area contributed by atoms with Gasteiger partial charge in [-0.15, -0.1) is 0 Å². The van der Waals surface area contributed by atoms with Crippen molar-refractivity contribution in [3.63, 3.8) is 0 Å². The van der Waals surface area contributed by atoms with Crippen molar-refractivity contribution >= 4 is 50.7 Å². The van der Waals surface area contributed by atoms with Crippen molar-refractivity contribution in [3.05, 3.63) is 63.6 Å². The molecule has 0 aromatic heterocycles. The molecule has 10 heteroatoms. The molecule has 38 heavy (non-hydrogen) atoms. The van der Waals surface area contributed by atoms with Crippen molar-refractivity contribution in [1.29, 1.82) is 0 Å². The summed E-state index contributed by atoms with van der Waals surface area (Å²) in [4.78, 5) is 28.4. The van der Waals surface area contributed by atoms with Crippen LogP contribution in [0.15, 0.2) is 42.5 Å². The van der Waals surface area contributed by atoms with Crippen LogP contribution in [0, 0.1) is 0 Å². The van der Waals surface area contributed by atoms with E-state index in [1.54, 1.807) is 37.3 Å². The van der Waals surface area contributed by atoms with Gasteiger partial charge in [-0.25, -0.2) is 8.42 Å². The van der Waals surface area contributed by atoms with Crippen LogP contribution < -0.4 is 9.62 Å². The number of hydrogen-bond donors (Lipinski definition) is 1. The third-order valence-electron chi connectivity index (χ3n) is 6.48.